The van der Waals surface area contributed by atoms with E-state index < -0.39 is 0 Å². The Kier molecular flexibility index (Phi) is 3.01. The number of methoxy groups -OCH3 is 1. The normalized spacial score (nSPS) is 9.88. The Morgan fingerprint density at radius 2 is 2.24 bits per heavy atom. The van der Waals surface area contributed by atoms with Gasteiger partial charge in [-0.1, -0.05) is 0 Å². The number of hydrogen-bond donors (Lipinski definition) is 1. The lowest BCUT2D eigenvalue weighted by atomic mass is 10.1. The van der Waals surface area contributed by atoms with Crippen molar-refractivity contribution in [3.8, 4) is 11.8 Å². The standard InChI is InChI=1S/C13H13N3O/c1-17-13-5-4-11(15)7-10(13)9-16-6-2-3-12(16)8-14/h2-7H,9,15H2,1H3. The zero-order chi connectivity index (χ0) is 12.3. The van der Waals surface area contributed by atoms with Gasteiger partial charge in [0.2, 0.25) is 0 Å². The summed E-state index contributed by atoms with van der Waals surface area (Å²) in [6.07, 6.45) is 1.86. The number of nitrogens with two attached hydrogens (primary N) is 1. The van der Waals surface area contributed by atoms with E-state index >= 15 is 0 Å². The zero-order valence-electron chi connectivity index (χ0n) is 9.55. The van der Waals surface area contributed by atoms with Crippen LogP contribution in [0.2, 0.25) is 0 Å². The van der Waals surface area contributed by atoms with Crippen LogP contribution in [0.5, 0.6) is 5.75 Å². The average molecular weight is 227 g/mol. The van der Waals surface area contributed by atoms with E-state index in [9.17, 15) is 0 Å². The minimum absolute atomic E-state index is 0.574. The lowest BCUT2D eigenvalue weighted by Gasteiger charge is -2.10. The second-order valence-corrected chi connectivity index (χ2v) is 3.70. The van der Waals surface area contributed by atoms with Crippen molar-refractivity contribution in [1.82, 2.24) is 4.57 Å². The van der Waals surface area contributed by atoms with Crippen molar-refractivity contribution in [1.29, 1.82) is 5.26 Å². The maximum absolute atomic E-state index is 8.94. The highest BCUT2D eigenvalue weighted by atomic mass is 16.5. The molecule has 0 amide bonds. The molecule has 1 aromatic heterocycles. The molecule has 0 atom stereocenters. The van der Waals surface area contributed by atoms with Crippen LogP contribution in [0.25, 0.3) is 0 Å². The van der Waals surface area contributed by atoms with E-state index in [0.717, 1.165) is 11.3 Å². The van der Waals surface area contributed by atoms with E-state index in [4.69, 9.17) is 15.7 Å². The Bertz CT molecular complexity index is 566. The number of rotatable bonds is 3. The Labute approximate surface area is 99.8 Å². The molecule has 4 nitrogen and oxygen atoms in total. The van der Waals surface area contributed by atoms with Crippen LogP contribution in [0, 0.1) is 11.3 Å². The number of nitrogen functional groups attached to an aromatic ring is 1. The lowest BCUT2D eigenvalue weighted by molar-refractivity contribution is 0.408. The van der Waals surface area contributed by atoms with Gasteiger partial charge in [-0.15, -0.1) is 0 Å². The van der Waals surface area contributed by atoms with Crippen LogP contribution in [0.3, 0.4) is 0 Å². The van der Waals surface area contributed by atoms with E-state index in [1.165, 1.54) is 0 Å². The topological polar surface area (TPSA) is 64.0 Å². The molecule has 0 spiro atoms. The summed E-state index contributed by atoms with van der Waals surface area (Å²) < 4.78 is 7.13. The molecule has 0 saturated heterocycles. The van der Waals surface area contributed by atoms with Gasteiger partial charge < -0.3 is 15.0 Å². The smallest absolute Gasteiger partial charge is 0.124 e. The van der Waals surface area contributed by atoms with Crippen molar-refractivity contribution in [2.45, 2.75) is 6.54 Å². The molecule has 2 rings (SSSR count). The fourth-order valence-corrected chi connectivity index (χ4v) is 1.76. The predicted octanol–water partition coefficient (Wildman–Crippen LogP) is 2.00. The molecule has 0 aliphatic heterocycles. The summed E-state index contributed by atoms with van der Waals surface area (Å²) in [5.74, 6) is 0.775. The van der Waals surface area contributed by atoms with Gasteiger partial charge in [0.15, 0.2) is 0 Å². The number of hydrogen-bond acceptors (Lipinski definition) is 3. The van der Waals surface area contributed by atoms with E-state index in [1.807, 2.05) is 29.0 Å². The van der Waals surface area contributed by atoms with Crippen LogP contribution < -0.4 is 10.5 Å². The van der Waals surface area contributed by atoms with Crippen LogP contribution >= 0.6 is 0 Å². The van der Waals surface area contributed by atoms with Gasteiger partial charge >= 0.3 is 0 Å². The number of ether oxygens (including phenoxy) is 1. The number of anilines is 1. The summed E-state index contributed by atoms with van der Waals surface area (Å²) in [6, 6.07) is 11.2. The van der Waals surface area contributed by atoms with Gasteiger partial charge in [0.1, 0.15) is 17.5 Å². The number of aromatic nitrogens is 1. The van der Waals surface area contributed by atoms with Gasteiger partial charge in [0, 0.05) is 17.4 Å². The first kappa shape index (κ1) is 11.1. The van der Waals surface area contributed by atoms with Gasteiger partial charge in [0.05, 0.1) is 13.7 Å². The van der Waals surface area contributed by atoms with Crippen molar-refractivity contribution in [3.63, 3.8) is 0 Å². The first-order chi connectivity index (χ1) is 8.24. The van der Waals surface area contributed by atoms with Crippen molar-refractivity contribution in [3.05, 3.63) is 47.8 Å². The Morgan fingerprint density at radius 3 is 2.94 bits per heavy atom. The van der Waals surface area contributed by atoms with Crippen LogP contribution in [-0.4, -0.2) is 11.7 Å². The van der Waals surface area contributed by atoms with Crippen LogP contribution in [0.15, 0.2) is 36.5 Å². The highest BCUT2D eigenvalue weighted by Crippen LogP contribution is 2.22. The quantitative estimate of drug-likeness (QED) is 0.815. The minimum Gasteiger partial charge on any atom is -0.496 e. The molecule has 1 aromatic carbocycles. The molecule has 1 heterocycles. The molecule has 0 unspecified atom stereocenters. The summed E-state index contributed by atoms with van der Waals surface area (Å²) in [7, 11) is 1.62. The van der Waals surface area contributed by atoms with Crippen molar-refractivity contribution in [2.75, 3.05) is 12.8 Å². The molecule has 4 heteroatoms. The molecule has 17 heavy (non-hydrogen) atoms. The van der Waals surface area contributed by atoms with Crippen LogP contribution in [0.4, 0.5) is 5.69 Å². The van der Waals surface area contributed by atoms with Gasteiger partial charge in [-0.05, 0) is 30.3 Å². The van der Waals surface area contributed by atoms with Gasteiger partial charge in [-0.25, -0.2) is 0 Å². The zero-order valence-corrected chi connectivity index (χ0v) is 9.55. The molecular formula is C13H13N3O. The molecule has 0 fully saturated rings. The summed E-state index contributed by atoms with van der Waals surface area (Å²) in [6.45, 7) is 0.574. The number of nitrogens with zero attached hydrogens (tertiary/aromatic N) is 2. The van der Waals surface area contributed by atoms with Gasteiger partial charge in [-0.2, -0.15) is 5.26 Å². The van der Waals surface area contributed by atoms with Crippen molar-refractivity contribution >= 4 is 5.69 Å². The molecule has 0 bridgehead atoms. The Hall–Kier alpha value is -2.41. The third-order valence-corrected chi connectivity index (χ3v) is 2.59. The van der Waals surface area contributed by atoms with E-state index in [1.54, 1.807) is 19.2 Å². The van der Waals surface area contributed by atoms with E-state index in [2.05, 4.69) is 6.07 Å². The SMILES string of the molecule is COc1ccc(N)cc1Cn1cccc1C#N. The Balaban J connectivity index is 2.36. The third-order valence-electron chi connectivity index (χ3n) is 2.59. The summed E-state index contributed by atoms with van der Waals surface area (Å²) in [5, 5.41) is 8.94. The predicted molar refractivity (Wildman–Crippen MR) is 65.7 cm³/mol. The fourth-order valence-electron chi connectivity index (χ4n) is 1.76. The number of nitriles is 1. The molecule has 0 aliphatic rings. The summed E-state index contributed by atoms with van der Waals surface area (Å²) in [5.41, 5.74) is 8.02. The summed E-state index contributed by atoms with van der Waals surface area (Å²) >= 11 is 0. The molecule has 2 aromatic rings. The highest BCUT2D eigenvalue weighted by Gasteiger charge is 2.06. The summed E-state index contributed by atoms with van der Waals surface area (Å²) in [4.78, 5) is 0. The van der Waals surface area contributed by atoms with Gasteiger partial charge in [-0.3, -0.25) is 0 Å². The van der Waals surface area contributed by atoms with Crippen LogP contribution in [0.1, 0.15) is 11.3 Å². The van der Waals surface area contributed by atoms with E-state index in [0.29, 0.717) is 17.9 Å². The van der Waals surface area contributed by atoms with E-state index in [-0.39, 0.29) is 0 Å². The molecular weight excluding hydrogens is 214 g/mol. The van der Waals surface area contributed by atoms with Gasteiger partial charge in [0.25, 0.3) is 0 Å². The second-order valence-electron chi connectivity index (χ2n) is 3.70. The minimum atomic E-state index is 0.574. The fraction of sp³-hybridized carbons (Fsp3) is 0.154. The lowest BCUT2D eigenvalue weighted by Crippen LogP contribution is -2.03. The Morgan fingerprint density at radius 1 is 1.41 bits per heavy atom. The first-order valence-electron chi connectivity index (χ1n) is 5.22. The largest absolute Gasteiger partial charge is 0.496 e. The monoisotopic (exact) mass is 227 g/mol. The molecule has 0 aliphatic carbocycles. The third kappa shape index (κ3) is 2.23. The molecule has 0 radical (unpaired) electrons. The van der Waals surface area contributed by atoms with Crippen molar-refractivity contribution in [2.24, 2.45) is 0 Å². The van der Waals surface area contributed by atoms with Crippen LogP contribution in [-0.2, 0) is 6.54 Å². The highest BCUT2D eigenvalue weighted by molar-refractivity contribution is 5.48. The van der Waals surface area contributed by atoms with Crippen molar-refractivity contribution < 1.29 is 4.74 Å². The maximum atomic E-state index is 8.94. The number of benzene rings is 1. The second kappa shape index (κ2) is 4.62. The molecule has 0 saturated carbocycles. The average Bonchev–Trinajstić information content (AvgIpc) is 2.77. The molecule has 86 valence electrons. The first-order valence-corrected chi connectivity index (χ1v) is 5.22. The maximum Gasteiger partial charge on any atom is 0.124 e. The molecule has 2 N–H and O–H groups in total.